The van der Waals surface area contributed by atoms with E-state index in [4.69, 9.17) is 0 Å². The number of carboxylic acids is 2. The molecule has 0 radical (unpaired) electrons. The SMILES string of the molecule is O=C([O-])C(C(=O)[O-])c1cccc2ccccc12. The second kappa shape index (κ2) is 4.25. The first-order chi connectivity index (χ1) is 8.11. The van der Waals surface area contributed by atoms with E-state index in [0.717, 1.165) is 5.39 Å². The predicted octanol–water partition coefficient (Wildman–Crippen LogP) is -0.577. The Morgan fingerprint density at radius 2 is 1.47 bits per heavy atom. The molecule has 0 aromatic heterocycles. The third-order valence-electron chi connectivity index (χ3n) is 2.61. The highest BCUT2D eigenvalue weighted by Crippen LogP contribution is 2.25. The Morgan fingerprint density at radius 1 is 0.882 bits per heavy atom. The van der Waals surface area contributed by atoms with Gasteiger partial charge in [0.1, 0.15) is 0 Å². The van der Waals surface area contributed by atoms with Crippen LogP contribution in [-0.4, -0.2) is 11.9 Å². The molecule has 0 spiro atoms. The molecule has 4 heteroatoms. The number of carbonyl (C=O) groups is 2. The molecular weight excluding hydrogens is 220 g/mol. The maximum absolute atomic E-state index is 10.9. The predicted molar refractivity (Wildman–Crippen MR) is 56.7 cm³/mol. The monoisotopic (exact) mass is 228 g/mol. The van der Waals surface area contributed by atoms with Crippen LogP contribution in [-0.2, 0) is 9.59 Å². The van der Waals surface area contributed by atoms with E-state index in [9.17, 15) is 19.8 Å². The normalized spacial score (nSPS) is 10.6. The quantitative estimate of drug-likeness (QED) is 0.658. The summed E-state index contributed by atoms with van der Waals surface area (Å²) in [6.07, 6.45) is 0. The minimum Gasteiger partial charge on any atom is -0.549 e. The Hall–Kier alpha value is -2.36. The summed E-state index contributed by atoms with van der Waals surface area (Å²) in [6.45, 7) is 0. The van der Waals surface area contributed by atoms with Crippen LogP contribution in [0.15, 0.2) is 42.5 Å². The second-order valence-corrected chi connectivity index (χ2v) is 3.64. The second-order valence-electron chi connectivity index (χ2n) is 3.64. The molecule has 0 saturated heterocycles. The van der Waals surface area contributed by atoms with Gasteiger partial charge in [0.2, 0.25) is 0 Å². The zero-order valence-corrected chi connectivity index (χ0v) is 8.75. The van der Waals surface area contributed by atoms with Gasteiger partial charge in [-0.15, -0.1) is 0 Å². The van der Waals surface area contributed by atoms with Crippen molar-refractivity contribution in [2.45, 2.75) is 5.92 Å². The van der Waals surface area contributed by atoms with Gasteiger partial charge in [-0.25, -0.2) is 0 Å². The van der Waals surface area contributed by atoms with Crippen LogP contribution in [0.3, 0.4) is 0 Å². The van der Waals surface area contributed by atoms with Gasteiger partial charge in [-0.05, 0) is 16.3 Å². The number of carboxylic acid groups (broad SMARTS) is 2. The van der Waals surface area contributed by atoms with Gasteiger partial charge >= 0.3 is 0 Å². The lowest BCUT2D eigenvalue weighted by Crippen LogP contribution is -2.41. The number of fused-ring (bicyclic) bond motifs is 1. The number of hydrogen-bond donors (Lipinski definition) is 0. The number of carbonyl (C=O) groups excluding carboxylic acids is 2. The van der Waals surface area contributed by atoms with Crippen LogP contribution in [0.4, 0.5) is 0 Å². The molecule has 0 aliphatic rings. The minimum atomic E-state index is -1.75. The number of rotatable bonds is 3. The summed E-state index contributed by atoms with van der Waals surface area (Å²) in [6, 6.07) is 11.8. The molecule has 2 rings (SSSR count). The average Bonchev–Trinajstić information content (AvgIpc) is 2.28. The highest BCUT2D eigenvalue weighted by Gasteiger charge is 2.16. The Kier molecular flexibility index (Phi) is 2.78. The maximum Gasteiger partial charge on any atom is 0.0638 e. The van der Waals surface area contributed by atoms with Gasteiger partial charge in [-0.1, -0.05) is 42.5 Å². The minimum absolute atomic E-state index is 0.183. The first kappa shape index (κ1) is 11.1. The van der Waals surface area contributed by atoms with Crippen LogP contribution in [0, 0.1) is 0 Å². The van der Waals surface area contributed by atoms with Gasteiger partial charge in [0.15, 0.2) is 0 Å². The summed E-state index contributed by atoms with van der Waals surface area (Å²) in [5.74, 6) is -5.08. The molecule has 2 aromatic carbocycles. The maximum atomic E-state index is 10.9. The van der Waals surface area contributed by atoms with E-state index in [1.165, 1.54) is 6.07 Å². The lowest BCUT2D eigenvalue weighted by Gasteiger charge is -2.21. The summed E-state index contributed by atoms with van der Waals surface area (Å²) in [4.78, 5) is 21.7. The molecule has 0 bridgehead atoms. The highest BCUT2D eigenvalue weighted by molar-refractivity contribution is 6.02. The molecule has 0 atom stereocenters. The van der Waals surface area contributed by atoms with Gasteiger partial charge < -0.3 is 19.8 Å². The molecule has 0 fully saturated rings. The summed E-state index contributed by atoms with van der Waals surface area (Å²) in [7, 11) is 0. The zero-order valence-electron chi connectivity index (χ0n) is 8.75. The molecule has 0 aliphatic carbocycles. The number of aliphatic carboxylic acids is 2. The standard InChI is InChI=1S/C13H10O4/c14-12(15)11(13(16)17)10-7-3-5-8-4-1-2-6-9(8)10/h1-7,11H,(H,14,15)(H,16,17)/p-2. The van der Waals surface area contributed by atoms with E-state index in [2.05, 4.69) is 0 Å². The molecule has 0 heterocycles. The van der Waals surface area contributed by atoms with E-state index in [1.807, 2.05) is 0 Å². The van der Waals surface area contributed by atoms with Crippen LogP contribution in [0.1, 0.15) is 11.5 Å². The molecule has 0 aliphatic heterocycles. The Labute approximate surface area is 97.1 Å². The van der Waals surface area contributed by atoms with Crippen molar-refractivity contribution in [2.75, 3.05) is 0 Å². The third kappa shape index (κ3) is 1.97. The lowest BCUT2D eigenvalue weighted by molar-refractivity contribution is -0.326. The van der Waals surface area contributed by atoms with Gasteiger partial charge in [0.05, 0.1) is 17.9 Å². The fraction of sp³-hybridized carbons (Fsp3) is 0.0769. The van der Waals surface area contributed by atoms with E-state index >= 15 is 0 Å². The largest absolute Gasteiger partial charge is 0.549 e. The first-order valence-corrected chi connectivity index (χ1v) is 5.00. The van der Waals surface area contributed by atoms with Crippen LogP contribution < -0.4 is 10.2 Å². The Balaban J connectivity index is 2.69. The van der Waals surface area contributed by atoms with Gasteiger partial charge in [-0.3, -0.25) is 0 Å². The molecule has 86 valence electrons. The summed E-state index contributed by atoms with van der Waals surface area (Å²) in [5.41, 5.74) is 0.183. The van der Waals surface area contributed by atoms with Crippen molar-refractivity contribution in [3.05, 3.63) is 48.0 Å². The van der Waals surface area contributed by atoms with Crippen molar-refractivity contribution in [3.63, 3.8) is 0 Å². The summed E-state index contributed by atoms with van der Waals surface area (Å²) >= 11 is 0. The van der Waals surface area contributed by atoms with Gasteiger partial charge in [-0.2, -0.15) is 0 Å². The van der Waals surface area contributed by atoms with Crippen LogP contribution in [0.25, 0.3) is 10.8 Å². The number of hydrogen-bond acceptors (Lipinski definition) is 4. The lowest BCUT2D eigenvalue weighted by atomic mass is 9.93. The molecule has 17 heavy (non-hydrogen) atoms. The van der Waals surface area contributed by atoms with Crippen molar-refractivity contribution >= 4 is 22.7 Å². The zero-order chi connectivity index (χ0) is 12.4. The molecule has 0 saturated carbocycles. The molecule has 0 N–H and O–H groups in total. The Bertz CT molecular complexity index is 569. The molecule has 0 unspecified atom stereocenters. The van der Waals surface area contributed by atoms with Crippen molar-refractivity contribution in [1.82, 2.24) is 0 Å². The summed E-state index contributed by atoms with van der Waals surface area (Å²) < 4.78 is 0. The van der Waals surface area contributed by atoms with Crippen molar-refractivity contribution in [2.24, 2.45) is 0 Å². The smallest absolute Gasteiger partial charge is 0.0638 e. The van der Waals surface area contributed by atoms with Crippen LogP contribution in [0.5, 0.6) is 0 Å². The van der Waals surface area contributed by atoms with E-state index in [0.29, 0.717) is 5.39 Å². The van der Waals surface area contributed by atoms with Crippen molar-refractivity contribution in [3.8, 4) is 0 Å². The Morgan fingerprint density at radius 3 is 2.12 bits per heavy atom. The van der Waals surface area contributed by atoms with Crippen molar-refractivity contribution in [1.29, 1.82) is 0 Å². The van der Waals surface area contributed by atoms with E-state index < -0.39 is 17.9 Å². The van der Waals surface area contributed by atoms with Crippen molar-refractivity contribution < 1.29 is 19.8 Å². The van der Waals surface area contributed by atoms with E-state index in [-0.39, 0.29) is 5.56 Å². The van der Waals surface area contributed by atoms with Gasteiger partial charge in [0.25, 0.3) is 0 Å². The molecular formula is C13H8O4-2. The average molecular weight is 228 g/mol. The summed E-state index contributed by atoms with van der Waals surface area (Å²) in [5, 5.41) is 23.1. The van der Waals surface area contributed by atoms with Crippen LogP contribution in [0.2, 0.25) is 0 Å². The molecule has 0 amide bonds. The van der Waals surface area contributed by atoms with Gasteiger partial charge in [0, 0.05) is 0 Å². The van der Waals surface area contributed by atoms with Crippen LogP contribution >= 0.6 is 0 Å². The molecule has 4 nitrogen and oxygen atoms in total. The first-order valence-electron chi connectivity index (χ1n) is 5.00. The fourth-order valence-electron chi connectivity index (χ4n) is 1.85. The third-order valence-corrected chi connectivity index (χ3v) is 2.61. The fourth-order valence-corrected chi connectivity index (χ4v) is 1.85. The molecule has 2 aromatic rings. The highest BCUT2D eigenvalue weighted by atomic mass is 16.4. The topological polar surface area (TPSA) is 80.3 Å². The number of benzene rings is 2. The van der Waals surface area contributed by atoms with E-state index in [1.54, 1.807) is 36.4 Å².